The van der Waals surface area contributed by atoms with Crippen molar-refractivity contribution in [3.05, 3.63) is 0 Å². The van der Waals surface area contributed by atoms with Crippen molar-refractivity contribution in [3.8, 4) is 0 Å². The first-order valence-corrected chi connectivity index (χ1v) is 6.98. The van der Waals surface area contributed by atoms with E-state index < -0.39 is 0 Å². The lowest BCUT2D eigenvalue weighted by Crippen LogP contribution is -2.47. The van der Waals surface area contributed by atoms with E-state index in [-0.39, 0.29) is 0 Å². The Labute approximate surface area is 103 Å². The van der Waals surface area contributed by atoms with Gasteiger partial charge in [-0.25, -0.2) is 4.79 Å². The van der Waals surface area contributed by atoms with Gasteiger partial charge in [-0.15, -0.1) is 0 Å². The third kappa shape index (κ3) is 2.15. The molecule has 2 amide bonds. The van der Waals surface area contributed by atoms with Crippen molar-refractivity contribution < 1.29 is 4.79 Å². The molecule has 0 aromatic carbocycles. The summed E-state index contributed by atoms with van der Waals surface area (Å²) in [6.07, 6.45) is 2.45. The van der Waals surface area contributed by atoms with Gasteiger partial charge in [0.1, 0.15) is 0 Å². The van der Waals surface area contributed by atoms with Crippen LogP contribution in [0.3, 0.4) is 0 Å². The van der Waals surface area contributed by atoms with Crippen molar-refractivity contribution in [1.29, 1.82) is 0 Å². The zero-order valence-corrected chi connectivity index (χ0v) is 10.7. The standard InChI is InChI=1S/C13H23N3O/c1-10-3-2-4-15(7-10)13(17)16-8-11-5-14-6-12(11)9-16/h10-12,14H,2-9H2,1H3/t10?,11-,12+. The van der Waals surface area contributed by atoms with Crippen LogP contribution >= 0.6 is 0 Å². The lowest BCUT2D eigenvalue weighted by Gasteiger charge is -2.34. The van der Waals surface area contributed by atoms with Crippen molar-refractivity contribution >= 4 is 6.03 Å². The molecule has 1 unspecified atom stereocenters. The molecule has 0 spiro atoms. The van der Waals surface area contributed by atoms with Gasteiger partial charge in [-0.05, 0) is 30.6 Å². The number of amides is 2. The highest BCUT2D eigenvalue weighted by Crippen LogP contribution is 2.28. The number of piperidine rings is 1. The second-order valence-electron chi connectivity index (χ2n) is 6.06. The number of fused-ring (bicyclic) bond motifs is 1. The molecule has 17 heavy (non-hydrogen) atoms. The molecular weight excluding hydrogens is 214 g/mol. The van der Waals surface area contributed by atoms with Crippen LogP contribution in [0.15, 0.2) is 0 Å². The number of hydrogen-bond donors (Lipinski definition) is 1. The summed E-state index contributed by atoms with van der Waals surface area (Å²) in [6.45, 7) is 8.33. The van der Waals surface area contributed by atoms with Gasteiger partial charge >= 0.3 is 6.03 Å². The average Bonchev–Trinajstić information content (AvgIpc) is 2.88. The van der Waals surface area contributed by atoms with Crippen LogP contribution in [0.2, 0.25) is 0 Å². The number of carbonyl (C=O) groups is 1. The molecule has 3 aliphatic heterocycles. The Bertz CT molecular complexity index is 295. The molecule has 3 saturated heterocycles. The number of hydrogen-bond acceptors (Lipinski definition) is 2. The van der Waals surface area contributed by atoms with Gasteiger partial charge in [0, 0.05) is 39.3 Å². The van der Waals surface area contributed by atoms with E-state index in [2.05, 4.69) is 22.0 Å². The molecule has 0 radical (unpaired) electrons. The zero-order valence-electron chi connectivity index (χ0n) is 10.7. The smallest absolute Gasteiger partial charge is 0.320 e. The number of rotatable bonds is 0. The van der Waals surface area contributed by atoms with Gasteiger partial charge in [-0.2, -0.15) is 0 Å². The summed E-state index contributed by atoms with van der Waals surface area (Å²) in [5.41, 5.74) is 0. The van der Waals surface area contributed by atoms with Crippen LogP contribution < -0.4 is 5.32 Å². The minimum absolute atomic E-state index is 0.297. The molecule has 4 heteroatoms. The summed E-state index contributed by atoms with van der Waals surface area (Å²) < 4.78 is 0. The fourth-order valence-electron chi connectivity index (χ4n) is 3.57. The minimum atomic E-state index is 0.297. The largest absolute Gasteiger partial charge is 0.324 e. The van der Waals surface area contributed by atoms with Gasteiger partial charge in [0.2, 0.25) is 0 Å². The summed E-state index contributed by atoms with van der Waals surface area (Å²) in [4.78, 5) is 16.6. The lowest BCUT2D eigenvalue weighted by atomic mass is 10.0. The molecule has 3 aliphatic rings. The Hall–Kier alpha value is -0.770. The molecular formula is C13H23N3O. The van der Waals surface area contributed by atoms with Crippen molar-refractivity contribution in [3.63, 3.8) is 0 Å². The van der Waals surface area contributed by atoms with E-state index in [1.54, 1.807) is 0 Å². The van der Waals surface area contributed by atoms with Gasteiger partial charge in [0.25, 0.3) is 0 Å². The maximum absolute atomic E-state index is 12.4. The minimum Gasteiger partial charge on any atom is -0.324 e. The van der Waals surface area contributed by atoms with E-state index in [0.717, 1.165) is 39.3 Å². The molecule has 0 aromatic heterocycles. The summed E-state index contributed by atoms with van der Waals surface area (Å²) in [6, 6.07) is 0.297. The van der Waals surface area contributed by atoms with E-state index >= 15 is 0 Å². The van der Waals surface area contributed by atoms with E-state index in [1.165, 1.54) is 12.8 Å². The van der Waals surface area contributed by atoms with Crippen LogP contribution in [0.5, 0.6) is 0 Å². The number of urea groups is 1. The van der Waals surface area contributed by atoms with Gasteiger partial charge in [-0.3, -0.25) is 0 Å². The highest BCUT2D eigenvalue weighted by atomic mass is 16.2. The topological polar surface area (TPSA) is 35.6 Å². The molecule has 3 atom stereocenters. The lowest BCUT2D eigenvalue weighted by molar-refractivity contribution is 0.136. The van der Waals surface area contributed by atoms with Crippen LogP contribution in [-0.4, -0.2) is 55.1 Å². The normalized spacial score (nSPS) is 37.4. The fourth-order valence-corrected chi connectivity index (χ4v) is 3.57. The molecule has 0 aliphatic carbocycles. The monoisotopic (exact) mass is 237 g/mol. The van der Waals surface area contributed by atoms with Gasteiger partial charge in [0.15, 0.2) is 0 Å². The maximum atomic E-state index is 12.4. The molecule has 0 saturated carbocycles. The number of carbonyl (C=O) groups excluding carboxylic acids is 1. The molecule has 3 heterocycles. The van der Waals surface area contributed by atoms with Crippen molar-refractivity contribution in [1.82, 2.24) is 15.1 Å². The molecule has 0 bridgehead atoms. The van der Waals surface area contributed by atoms with Crippen LogP contribution in [0.4, 0.5) is 4.79 Å². The molecule has 3 fully saturated rings. The number of likely N-dealkylation sites (tertiary alicyclic amines) is 2. The van der Waals surface area contributed by atoms with E-state index in [0.29, 0.717) is 23.8 Å². The third-order valence-electron chi connectivity index (χ3n) is 4.59. The van der Waals surface area contributed by atoms with E-state index in [4.69, 9.17) is 0 Å². The number of nitrogens with zero attached hydrogens (tertiary/aromatic N) is 2. The molecule has 0 aromatic rings. The predicted octanol–water partition coefficient (Wildman–Crippen LogP) is 0.990. The first kappa shape index (κ1) is 11.3. The fraction of sp³-hybridized carbons (Fsp3) is 0.923. The zero-order chi connectivity index (χ0) is 11.8. The summed E-state index contributed by atoms with van der Waals surface area (Å²) in [5, 5.41) is 3.42. The Kier molecular flexibility index (Phi) is 2.99. The molecule has 1 N–H and O–H groups in total. The Morgan fingerprint density at radius 2 is 1.82 bits per heavy atom. The van der Waals surface area contributed by atoms with Gasteiger partial charge in [0.05, 0.1) is 0 Å². The third-order valence-corrected chi connectivity index (χ3v) is 4.59. The molecule has 3 rings (SSSR count). The average molecular weight is 237 g/mol. The van der Waals surface area contributed by atoms with Crippen LogP contribution in [0.1, 0.15) is 19.8 Å². The van der Waals surface area contributed by atoms with Crippen molar-refractivity contribution in [2.24, 2.45) is 17.8 Å². The maximum Gasteiger partial charge on any atom is 0.320 e. The molecule has 96 valence electrons. The Balaban J connectivity index is 1.59. The summed E-state index contributed by atoms with van der Waals surface area (Å²) in [7, 11) is 0. The van der Waals surface area contributed by atoms with E-state index in [1.807, 2.05) is 0 Å². The molecule has 4 nitrogen and oxygen atoms in total. The first-order chi connectivity index (χ1) is 8.24. The highest BCUT2D eigenvalue weighted by Gasteiger charge is 2.39. The SMILES string of the molecule is CC1CCCN(C(=O)N2C[C@H]3CNC[C@H]3C2)C1. The Morgan fingerprint density at radius 1 is 1.12 bits per heavy atom. The first-order valence-electron chi connectivity index (χ1n) is 6.98. The van der Waals surface area contributed by atoms with Gasteiger partial charge in [-0.1, -0.05) is 6.92 Å². The van der Waals surface area contributed by atoms with Crippen molar-refractivity contribution in [2.75, 3.05) is 39.3 Å². The summed E-state index contributed by atoms with van der Waals surface area (Å²) in [5.74, 6) is 2.10. The predicted molar refractivity (Wildman–Crippen MR) is 66.8 cm³/mol. The second kappa shape index (κ2) is 4.48. The van der Waals surface area contributed by atoms with Crippen molar-refractivity contribution in [2.45, 2.75) is 19.8 Å². The second-order valence-corrected chi connectivity index (χ2v) is 6.06. The van der Waals surface area contributed by atoms with Crippen LogP contribution in [-0.2, 0) is 0 Å². The van der Waals surface area contributed by atoms with Crippen LogP contribution in [0.25, 0.3) is 0 Å². The quantitative estimate of drug-likeness (QED) is 0.682. The van der Waals surface area contributed by atoms with E-state index in [9.17, 15) is 4.79 Å². The van der Waals surface area contributed by atoms with Gasteiger partial charge < -0.3 is 15.1 Å². The highest BCUT2D eigenvalue weighted by molar-refractivity contribution is 5.75. The van der Waals surface area contributed by atoms with Crippen LogP contribution in [0, 0.1) is 17.8 Å². The number of nitrogens with one attached hydrogen (secondary N) is 1. The summed E-state index contributed by atoms with van der Waals surface area (Å²) >= 11 is 0. The Morgan fingerprint density at radius 3 is 2.47 bits per heavy atom.